The van der Waals surface area contributed by atoms with Crippen molar-refractivity contribution in [2.24, 2.45) is 5.73 Å². The lowest BCUT2D eigenvalue weighted by molar-refractivity contribution is -0.142. The van der Waals surface area contributed by atoms with Gasteiger partial charge in [-0.3, -0.25) is 19.2 Å². The molecule has 0 saturated carbocycles. The Kier molecular flexibility index (Phi) is 7.83. The average molecular weight is 545 g/mol. The number of H-pyrrole nitrogens is 2. The van der Waals surface area contributed by atoms with Crippen molar-refractivity contribution >= 4 is 45.5 Å². The van der Waals surface area contributed by atoms with Gasteiger partial charge in [-0.1, -0.05) is 36.4 Å². The minimum atomic E-state index is -1.17. The van der Waals surface area contributed by atoms with E-state index < -0.39 is 48.4 Å². The van der Waals surface area contributed by atoms with Gasteiger partial charge < -0.3 is 36.3 Å². The smallest absolute Gasteiger partial charge is 0.322 e. The number of fused-ring (bicyclic) bond motifs is 2. The van der Waals surface area contributed by atoms with Gasteiger partial charge in [0.05, 0.1) is 6.04 Å². The number of carboxylic acids is 1. The number of hydrogen-bond donors (Lipinski definition) is 6. The molecule has 1 saturated heterocycles. The molecule has 5 rings (SSSR count). The highest BCUT2D eigenvalue weighted by atomic mass is 16.4. The predicted molar refractivity (Wildman–Crippen MR) is 149 cm³/mol. The van der Waals surface area contributed by atoms with E-state index in [1.807, 2.05) is 60.9 Å². The van der Waals surface area contributed by atoms with Gasteiger partial charge in [0.15, 0.2) is 0 Å². The van der Waals surface area contributed by atoms with E-state index in [2.05, 4.69) is 20.6 Å². The van der Waals surface area contributed by atoms with Gasteiger partial charge in [0.25, 0.3) is 0 Å². The van der Waals surface area contributed by atoms with E-state index in [0.717, 1.165) is 32.9 Å². The van der Waals surface area contributed by atoms with Gasteiger partial charge >= 0.3 is 5.97 Å². The largest absolute Gasteiger partial charge is 0.480 e. The summed E-state index contributed by atoms with van der Waals surface area (Å²) in [5.74, 6) is -2.58. The number of nitrogens with two attached hydrogens (primary N) is 1. The Morgan fingerprint density at radius 1 is 0.950 bits per heavy atom. The molecule has 3 unspecified atom stereocenters. The van der Waals surface area contributed by atoms with Crippen LogP contribution in [0.1, 0.15) is 24.0 Å². The van der Waals surface area contributed by atoms with Crippen molar-refractivity contribution in [1.82, 2.24) is 25.5 Å². The minimum absolute atomic E-state index is 0.189. The average Bonchev–Trinajstić information content (AvgIpc) is 3.70. The first-order valence-electron chi connectivity index (χ1n) is 13.3. The molecule has 11 nitrogen and oxygen atoms in total. The molecular weight excluding hydrogens is 512 g/mol. The molecule has 1 aliphatic rings. The molecule has 7 N–H and O–H groups in total. The highest BCUT2D eigenvalue weighted by Crippen LogP contribution is 2.23. The van der Waals surface area contributed by atoms with E-state index in [1.54, 1.807) is 0 Å². The topological polar surface area (TPSA) is 173 Å². The van der Waals surface area contributed by atoms with Crippen LogP contribution in [0.2, 0.25) is 0 Å². The van der Waals surface area contributed by atoms with E-state index in [9.17, 15) is 19.2 Å². The number of benzene rings is 2. The summed E-state index contributed by atoms with van der Waals surface area (Å²) < 4.78 is 0. The van der Waals surface area contributed by atoms with E-state index in [4.69, 9.17) is 10.8 Å². The summed E-state index contributed by atoms with van der Waals surface area (Å²) >= 11 is 0. The van der Waals surface area contributed by atoms with Crippen LogP contribution in [0.4, 0.5) is 0 Å². The predicted octanol–water partition coefficient (Wildman–Crippen LogP) is 1.44. The number of carbonyl (C=O) groups excluding carboxylic acids is 3. The normalized spacial score (nSPS) is 16.6. The fraction of sp³-hybridized carbons (Fsp3) is 0.310. The maximum Gasteiger partial charge on any atom is 0.322 e. The molecule has 40 heavy (non-hydrogen) atoms. The second kappa shape index (κ2) is 11.6. The molecule has 2 aromatic heterocycles. The molecule has 0 bridgehead atoms. The number of hydrogen-bond acceptors (Lipinski definition) is 5. The van der Waals surface area contributed by atoms with Gasteiger partial charge in [0.2, 0.25) is 17.7 Å². The van der Waals surface area contributed by atoms with Gasteiger partial charge in [0, 0.05) is 47.2 Å². The van der Waals surface area contributed by atoms with Crippen LogP contribution in [-0.2, 0) is 32.0 Å². The third kappa shape index (κ3) is 5.69. The minimum Gasteiger partial charge on any atom is -0.480 e. The number of nitrogens with one attached hydrogen (secondary N) is 4. The number of aromatic nitrogens is 2. The Balaban J connectivity index is 1.36. The maximum atomic E-state index is 13.9. The van der Waals surface area contributed by atoms with Crippen LogP contribution in [0, 0.1) is 0 Å². The molecule has 2 aromatic carbocycles. The summed E-state index contributed by atoms with van der Waals surface area (Å²) in [7, 11) is 0. The monoisotopic (exact) mass is 544 g/mol. The van der Waals surface area contributed by atoms with Crippen LogP contribution in [0.25, 0.3) is 21.8 Å². The quantitative estimate of drug-likeness (QED) is 0.176. The number of carbonyl (C=O) groups is 4. The number of para-hydroxylation sites is 2. The number of carboxylic acid groups (broad SMARTS) is 1. The lowest BCUT2D eigenvalue weighted by Gasteiger charge is -2.29. The third-order valence-corrected chi connectivity index (χ3v) is 7.42. The summed E-state index contributed by atoms with van der Waals surface area (Å²) in [4.78, 5) is 58.7. The molecule has 0 spiro atoms. The number of likely N-dealkylation sites (tertiary alicyclic amines) is 1. The van der Waals surface area contributed by atoms with Crippen molar-refractivity contribution in [2.45, 2.75) is 43.8 Å². The van der Waals surface area contributed by atoms with Crippen molar-refractivity contribution in [1.29, 1.82) is 0 Å². The Morgan fingerprint density at radius 3 is 2.17 bits per heavy atom. The van der Waals surface area contributed by atoms with Crippen molar-refractivity contribution in [3.05, 3.63) is 72.1 Å². The van der Waals surface area contributed by atoms with Crippen LogP contribution in [-0.4, -0.2) is 74.9 Å². The van der Waals surface area contributed by atoms with E-state index in [-0.39, 0.29) is 12.8 Å². The number of aliphatic carboxylic acids is 1. The van der Waals surface area contributed by atoms with Crippen molar-refractivity contribution < 1.29 is 24.3 Å². The zero-order chi connectivity index (χ0) is 28.2. The number of rotatable bonds is 10. The van der Waals surface area contributed by atoms with Crippen LogP contribution >= 0.6 is 0 Å². The molecule has 3 amide bonds. The molecule has 1 fully saturated rings. The summed E-state index contributed by atoms with van der Waals surface area (Å²) in [6.45, 7) is -0.207. The summed E-state index contributed by atoms with van der Waals surface area (Å²) in [6.07, 6.45) is 5.10. The van der Waals surface area contributed by atoms with E-state index in [1.165, 1.54) is 4.90 Å². The van der Waals surface area contributed by atoms with Crippen molar-refractivity contribution in [2.75, 3.05) is 13.1 Å². The van der Waals surface area contributed by atoms with Crippen LogP contribution in [0.3, 0.4) is 0 Å². The second-order valence-corrected chi connectivity index (χ2v) is 10.1. The lowest BCUT2D eigenvalue weighted by Crippen LogP contribution is -2.56. The van der Waals surface area contributed by atoms with Gasteiger partial charge in [-0.2, -0.15) is 0 Å². The number of amides is 3. The first kappa shape index (κ1) is 26.9. The van der Waals surface area contributed by atoms with E-state index >= 15 is 0 Å². The Labute approximate surface area is 230 Å². The van der Waals surface area contributed by atoms with Crippen LogP contribution < -0.4 is 16.4 Å². The molecule has 0 radical (unpaired) electrons. The van der Waals surface area contributed by atoms with Gasteiger partial charge in [-0.15, -0.1) is 0 Å². The molecule has 3 atom stereocenters. The number of aromatic amines is 2. The molecule has 3 heterocycles. The summed E-state index contributed by atoms with van der Waals surface area (Å²) in [5.41, 5.74) is 9.91. The third-order valence-electron chi connectivity index (χ3n) is 7.42. The van der Waals surface area contributed by atoms with Gasteiger partial charge in [0.1, 0.15) is 18.6 Å². The standard InChI is InChI=1S/C29H32N6O5/c30-21(12-17-14-31-22-8-3-1-6-19(17)22)27(38)34-24(13-18-15-32-23-9-4-2-7-20(18)23)29(40)35-11-5-10-25(35)28(39)33-16-26(36)37/h1-4,6-9,14-15,21,24-25,31-32H,5,10-13,16,30H2,(H,33,39)(H,34,38)(H,36,37). The zero-order valence-electron chi connectivity index (χ0n) is 21.9. The Bertz CT molecular complexity index is 1560. The zero-order valence-corrected chi connectivity index (χ0v) is 21.9. The molecule has 11 heteroatoms. The first-order valence-corrected chi connectivity index (χ1v) is 13.3. The van der Waals surface area contributed by atoms with Crippen LogP contribution in [0.5, 0.6) is 0 Å². The SMILES string of the molecule is NC(Cc1c[nH]c2ccccc12)C(=O)NC(Cc1c[nH]c2ccccc12)C(=O)N1CCCC1C(=O)NCC(=O)O. The highest BCUT2D eigenvalue weighted by Gasteiger charge is 2.38. The Hall–Kier alpha value is -4.64. The summed E-state index contributed by atoms with van der Waals surface area (Å²) in [5, 5.41) is 16.1. The molecule has 208 valence electrons. The molecule has 4 aromatic rings. The van der Waals surface area contributed by atoms with Crippen molar-refractivity contribution in [3.63, 3.8) is 0 Å². The van der Waals surface area contributed by atoms with E-state index in [0.29, 0.717) is 19.4 Å². The molecule has 1 aliphatic heterocycles. The maximum absolute atomic E-state index is 13.9. The van der Waals surface area contributed by atoms with Gasteiger partial charge in [-0.05, 0) is 42.5 Å². The fourth-order valence-corrected chi connectivity index (χ4v) is 5.41. The fourth-order valence-electron chi connectivity index (χ4n) is 5.41. The summed E-state index contributed by atoms with van der Waals surface area (Å²) in [6, 6.07) is 12.7. The van der Waals surface area contributed by atoms with Gasteiger partial charge in [-0.25, -0.2) is 0 Å². The second-order valence-electron chi connectivity index (χ2n) is 10.1. The molecule has 0 aliphatic carbocycles. The lowest BCUT2D eigenvalue weighted by atomic mass is 10.0. The van der Waals surface area contributed by atoms with Crippen LogP contribution in [0.15, 0.2) is 60.9 Å². The number of nitrogens with zero attached hydrogens (tertiary/aromatic N) is 1. The molecular formula is C29H32N6O5. The Morgan fingerprint density at radius 2 is 1.55 bits per heavy atom. The first-order chi connectivity index (χ1) is 19.3. The highest BCUT2D eigenvalue weighted by molar-refractivity contribution is 5.95. The van der Waals surface area contributed by atoms with Crippen molar-refractivity contribution in [3.8, 4) is 0 Å².